The molecule has 7 heteroatoms. The van der Waals surface area contributed by atoms with Gasteiger partial charge in [0, 0.05) is 37.7 Å². The average molecular weight is 457 g/mol. The normalized spacial score (nSPS) is 32.8. The maximum atomic E-state index is 13.7. The van der Waals surface area contributed by atoms with Crippen molar-refractivity contribution in [3.8, 4) is 0 Å². The molecule has 32 heavy (non-hydrogen) atoms. The minimum atomic E-state index is -1.02. The topological polar surface area (TPSA) is 66.9 Å². The molecule has 0 radical (unpaired) electrons. The van der Waals surface area contributed by atoms with Crippen molar-refractivity contribution >= 4 is 35.2 Å². The van der Waals surface area contributed by atoms with Gasteiger partial charge in [-0.3, -0.25) is 14.4 Å². The van der Waals surface area contributed by atoms with Crippen LogP contribution in [-0.4, -0.2) is 59.4 Å². The zero-order valence-corrected chi connectivity index (χ0v) is 20.0. The summed E-state index contributed by atoms with van der Waals surface area (Å²) in [7, 11) is 0. The van der Waals surface area contributed by atoms with Gasteiger partial charge in [-0.1, -0.05) is 13.8 Å². The Labute approximate surface area is 193 Å². The van der Waals surface area contributed by atoms with Crippen LogP contribution in [0.15, 0.2) is 22.9 Å². The lowest BCUT2D eigenvalue weighted by molar-refractivity contribution is -0.173. The lowest BCUT2D eigenvalue weighted by Gasteiger charge is -2.41. The van der Waals surface area contributed by atoms with E-state index in [4.69, 9.17) is 4.74 Å². The van der Waals surface area contributed by atoms with Gasteiger partial charge < -0.3 is 14.5 Å². The van der Waals surface area contributed by atoms with Gasteiger partial charge in [0.2, 0.25) is 5.91 Å². The van der Waals surface area contributed by atoms with E-state index in [9.17, 15) is 14.4 Å². The van der Waals surface area contributed by atoms with Crippen molar-refractivity contribution in [2.45, 2.75) is 58.5 Å². The minimum Gasteiger partial charge on any atom is -0.448 e. The van der Waals surface area contributed by atoms with E-state index in [0.29, 0.717) is 25.9 Å². The number of esters is 1. The molecule has 1 aromatic heterocycles. The second-order valence-electron chi connectivity index (χ2n) is 10.9. The maximum absolute atomic E-state index is 13.7. The van der Waals surface area contributed by atoms with Crippen LogP contribution in [0.3, 0.4) is 0 Å². The molecule has 4 heterocycles. The highest BCUT2D eigenvalue weighted by atomic mass is 32.1. The summed E-state index contributed by atoms with van der Waals surface area (Å²) in [5, 5.41) is 4.02. The number of nitrogens with zero attached hydrogens (tertiary/aromatic N) is 2. The number of ether oxygens (including phenoxy) is 1. The van der Waals surface area contributed by atoms with Gasteiger partial charge in [0.05, 0.1) is 5.41 Å². The van der Waals surface area contributed by atoms with Crippen LogP contribution in [0.4, 0.5) is 0 Å². The molecular weight excluding hydrogens is 424 g/mol. The Kier molecular flexibility index (Phi) is 4.86. The summed E-state index contributed by atoms with van der Waals surface area (Å²) in [6, 6.07) is 2.00. The standard InChI is InChI=1S/C25H32N2O4S/c1-22(2)23(3)7-8-25(22,31-21(23)30)20(29)27-14-11-24(17-27)9-12-26(13-10-24)19(28)5-4-18-6-15-32-16-18/h4-6,15-16H,7-14,17H2,1-3H3. The van der Waals surface area contributed by atoms with Gasteiger partial charge in [-0.2, -0.15) is 11.3 Å². The van der Waals surface area contributed by atoms with E-state index in [-0.39, 0.29) is 23.2 Å². The Morgan fingerprint density at radius 2 is 1.72 bits per heavy atom. The molecular formula is C25H32N2O4S. The fourth-order valence-corrected chi connectivity index (χ4v) is 6.97. The number of amides is 2. The van der Waals surface area contributed by atoms with E-state index in [1.807, 2.05) is 53.5 Å². The summed E-state index contributed by atoms with van der Waals surface area (Å²) in [4.78, 5) is 42.7. The summed E-state index contributed by atoms with van der Waals surface area (Å²) in [6.45, 7) is 8.83. The van der Waals surface area contributed by atoms with Crippen LogP contribution in [0.1, 0.15) is 58.4 Å². The minimum absolute atomic E-state index is 0.00819. The van der Waals surface area contributed by atoms with Gasteiger partial charge in [0.15, 0.2) is 5.60 Å². The smallest absolute Gasteiger partial charge is 0.313 e. The zero-order chi connectivity index (χ0) is 22.8. The third-order valence-corrected chi connectivity index (χ3v) is 9.95. The van der Waals surface area contributed by atoms with Gasteiger partial charge in [-0.15, -0.1) is 0 Å². The summed E-state index contributed by atoms with van der Waals surface area (Å²) < 4.78 is 5.83. The molecule has 2 amide bonds. The first-order valence-corrected chi connectivity index (χ1v) is 12.6. The molecule has 1 spiro atoms. The van der Waals surface area contributed by atoms with E-state index in [0.717, 1.165) is 37.9 Å². The second kappa shape index (κ2) is 7.17. The van der Waals surface area contributed by atoms with Crippen molar-refractivity contribution < 1.29 is 19.1 Å². The number of hydrogen-bond donors (Lipinski definition) is 0. The highest BCUT2D eigenvalue weighted by Crippen LogP contribution is 2.66. The monoisotopic (exact) mass is 456 g/mol. The molecule has 0 N–H and O–H groups in total. The molecule has 0 aromatic carbocycles. The first kappa shape index (κ1) is 21.7. The Morgan fingerprint density at radius 1 is 1.03 bits per heavy atom. The lowest BCUT2D eigenvalue weighted by Crippen LogP contribution is -2.55. The van der Waals surface area contributed by atoms with Gasteiger partial charge in [0.25, 0.3) is 5.91 Å². The van der Waals surface area contributed by atoms with Gasteiger partial charge in [-0.05, 0) is 72.9 Å². The largest absolute Gasteiger partial charge is 0.448 e. The van der Waals surface area contributed by atoms with Crippen LogP contribution >= 0.6 is 11.3 Å². The van der Waals surface area contributed by atoms with Crippen LogP contribution < -0.4 is 0 Å². The fourth-order valence-electron chi connectivity index (χ4n) is 6.34. The summed E-state index contributed by atoms with van der Waals surface area (Å²) >= 11 is 1.62. The number of rotatable bonds is 3. The molecule has 172 valence electrons. The van der Waals surface area contributed by atoms with Crippen LogP contribution in [0.5, 0.6) is 0 Å². The number of carbonyl (C=O) groups is 3. The first-order valence-electron chi connectivity index (χ1n) is 11.6. The van der Waals surface area contributed by atoms with Crippen molar-refractivity contribution in [3.63, 3.8) is 0 Å². The predicted molar refractivity (Wildman–Crippen MR) is 123 cm³/mol. The van der Waals surface area contributed by atoms with Crippen molar-refractivity contribution in [1.82, 2.24) is 9.80 Å². The van der Waals surface area contributed by atoms with E-state index in [2.05, 4.69) is 0 Å². The van der Waals surface area contributed by atoms with E-state index < -0.39 is 16.4 Å². The molecule has 6 nitrogen and oxygen atoms in total. The SMILES string of the molecule is CC12CCC(C(=O)N3CCC4(CCN(C(=O)C=Cc5ccsc5)CC4)C3)(OC1=O)C2(C)C. The molecule has 3 aliphatic heterocycles. The van der Waals surface area contributed by atoms with Crippen LogP contribution in [-0.2, 0) is 19.1 Å². The van der Waals surface area contributed by atoms with Crippen LogP contribution in [0.2, 0.25) is 0 Å². The Bertz CT molecular complexity index is 976. The van der Waals surface area contributed by atoms with Gasteiger partial charge >= 0.3 is 5.97 Å². The quantitative estimate of drug-likeness (QED) is 0.514. The molecule has 4 aliphatic rings. The number of piperidine rings is 1. The van der Waals surface area contributed by atoms with Crippen LogP contribution in [0.25, 0.3) is 6.08 Å². The first-order chi connectivity index (χ1) is 15.1. The second-order valence-corrected chi connectivity index (χ2v) is 11.6. The third-order valence-electron chi connectivity index (χ3n) is 9.25. The maximum Gasteiger partial charge on any atom is 0.313 e. The molecule has 1 aromatic rings. The summed E-state index contributed by atoms with van der Waals surface area (Å²) in [5.41, 5.74) is -0.987. The van der Waals surface area contributed by atoms with E-state index in [1.165, 1.54) is 0 Å². The Balaban J connectivity index is 1.22. The number of hydrogen-bond acceptors (Lipinski definition) is 5. The summed E-state index contributed by atoms with van der Waals surface area (Å²) in [5.74, 6) is -0.176. The van der Waals surface area contributed by atoms with Gasteiger partial charge in [-0.25, -0.2) is 0 Å². The Morgan fingerprint density at radius 3 is 2.28 bits per heavy atom. The number of likely N-dealkylation sites (tertiary alicyclic amines) is 2. The lowest BCUT2D eigenvalue weighted by atomic mass is 9.66. The van der Waals surface area contributed by atoms with Gasteiger partial charge in [0.1, 0.15) is 0 Å². The molecule has 1 saturated carbocycles. The molecule has 2 atom stereocenters. The van der Waals surface area contributed by atoms with Crippen molar-refractivity contribution in [1.29, 1.82) is 0 Å². The average Bonchev–Trinajstić information content (AvgIpc) is 3.50. The molecule has 3 saturated heterocycles. The number of thiophene rings is 1. The third kappa shape index (κ3) is 2.93. The molecule has 1 aliphatic carbocycles. The highest BCUT2D eigenvalue weighted by molar-refractivity contribution is 7.08. The Hall–Kier alpha value is -2.15. The van der Waals surface area contributed by atoms with Crippen molar-refractivity contribution in [2.75, 3.05) is 26.2 Å². The van der Waals surface area contributed by atoms with E-state index in [1.54, 1.807) is 17.4 Å². The van der Waals surface area contributed by atoms with Crippen molar-refractivity contribution in [2.24, 2.45) is 16.2 Å². The van der Waals surface area contributed by atoms with E-state index >= 15 is 0 Å². The molecule has 2 bridgehead atoms. The number of carbonyl (C=O) groups excluding carboxylic acids is 3. The summed E-state index contributed by atoms with van der Waals surface area (Å²) in [6.07, 6.45) is 7.62. The highest BCUT2D eigenvalue weighted by Gasteiger charge is 2.76. The van der Waals surface area contributed by atoms with Crippen molar-refractivity contribution in [3.05, 3.63) is 28.5 Å². The molecule has 2 unspecified atom stereocenters. The molecule has 4 fully saturated rings. The fraction of sp³-hybridized carbons (Fsp3) is 0.640. The number of fused-ring (bicyclic) bond motifs is 2. The zero-order valence-electron chi connectivity index (χ0n) is 19.2. The molecule has 5 rings (SSSR count). The predicted octanol–water partition coefficient (Wildman–Crippen LogP) is 3.72. The van der Waals surface area contributed by atoms with Crippen LogP contribution in [0, 0.1) is 16.2 Å².